The van der Waals surface area contributed by atoms with Crippen molar-refractivity contribution in [1.82, 2.24) is 5.32 Å². The number of carbonyl (C=O) groups is 1. The first-order chi connectivity index (χ1) is 8.58. The highest BCUT2D eigenvalue weighted by Gasteiger charge is 2.12. The summed E-state index contributed by atoms with van der Waals surface area (Å²) in [6.45, 7) is 2.80. The van der Waals surface area contributed by atoms with Crippen molar-refractivity contribution >= 4 is 56.0 Å². The molecule has 100 valence electrons. The molecule has 1 aromatic carbocycles. The second-order valence-corrected chi connectivity index (χ2v) is 6.56. The third kappa shape index (κ3) is 5.05. The molecule has 0 aromatic heterocycles. The molecule has 0 saturated heterocycles. The predicted octanol–water partition coefficient (Wildman–Crippen LogP) is 4.44. The Morgan fingerprint density at radius 2 is 2.28 bits per heavy atom. The fourth-order valence-corrected chi connectivity index (χ4v) is 2.84. The quantitative estimate of drug-likeness (QED) is 0.510. The summed E-state index contributed by atoms with van der Waals surface area (Å²) in [6.07, 6.45) is 1.96. The monoisotopic (exact) mass is 443 g/mol. The lowest BCUT2D eigenvalue weighted by Gasteiger charge is -2.14. The maximum atomic E-state index is 12.1. The fraction of sp³-hybridized carbons (Fsp3) is 0.462. The van der Waals surface area contributed by atoms with Gasteiger partial charge in [-0.05, 0) is 69.1 Å². The van der Waals surface area contributed by atoms with Crippen LogP contribution in [0.1, 0.15) is 30.1 Å². The van der Waals surface area contributed by atoms with Gasteiger partial charge in [-0.25, -0.2) is 0 Å². The second kappa shape index (κ2) is 8.38. The Hall–Kier alpha value is 0.190. The number of amides is 1. The van der Waals surface area contributed by atoms with Crippen molar-refractivity contribution in [3.63, 3.8) is 0 Å². The predicted molar refractivity (Wildman–Crippen MR) is 88.3 cm³/mol. The number of rotatable bonds is 6. The molecular weight excluding hydrogens is 428 g/mol. The second-order valence-electron chi connectivity index (χ2n) is 4.09. The first kappa shape index (κ1) is 16.2. The first-order valence-corrected chi connectivity index (χ1v) is 8.28. The van der Waals surface area contributed by atoms with Crippen LogP contribution in [-0.4, -0.2) is 18.3 Å². The largest absolute Gasteiger partial charge is 0.352 e. The summed E-state index contributed by atoms with van der Waals surface area (Å²) >= 11 is 11.3. The summed E-state index contributed by atoms with van der Waals surface area (Å²) < 4.78 is 1.87. The smallest absolute Gasteiger partial charge is 0.252 e. The summed E-state index contributed by atoms with van der Waals surface area (Å²) in [5.41, 5.74) is 0.683. The molecule has 5 heteroatoms. The SMILES string of the molecule is CCC(CCCl)CNC(=O)c1cc(I)ccc1Br. The molecule has 2 nitrogen and oxygen atoms in total. The van der Waals surface area contributed by atoms with Crippen molar-refractivity contribution in [2.45, 2.75) is 19.8 Å². The third-order valence-corrected chi connectivity index (χ3v) is 4.40. The van der Waals surface area contributed by atoms with Gasteiger partial charge in [-0.1, -0.05) is 13.3 Å². The zero-order valence-corrected chi connectivity index (χ0v) is 14.7. The zero-order chi connectivity index (χ0) is 13.5. The van der Waals surface area contributed by atoms with Gasteiger partial charge in [-0.15, -0.1) is 11.6 Å². The molecule has 1 unspecified atom stereocenters. The van der Waals surface area contributed by atoms with E-state index in [1.165, 1.54) is 0 Å². The van der Waals surface area contributed by atoms with Gasteiger partial charge in [0.15, 0.2) is 0 Å². The minimum Gasteiger partial charge on any atom is -0.352 e. The Balaban J connectivity index is 2.62. The Labute approximate surface area is 135 Å². The number of alkyl halides is 1. The summed E-state index contributed by atoms with van der Waals surface area (Å²) in [5, 5.41) is 2.97. The number of benzene rings is 1. The van der Waals surface area contributed by atoms with Crippen LogP contribution in [0, 0.1) is 9.49 Å². The van der Waals surface area contributed by atoms with E-state index >= 15 is 0 Å². The lowest BCUT2D eigenvalue weighted by atomic mass is 10.0. The topological polar surface area (TPSA) is 29.1 Å². The fourth-order valence-electron chi connectivity index (χ4n) is 1.61. The number of carbonyl (C=O) groups excluding carboxylic acids is 1. The number of hydrogen-bond donors (Lipinski definition) is 1. The van der Waals surface area contributed by atoms with E-state index in [2.05, 4.69) is 50.8 Å². The molecule has 1 N–H and O–H groups in total. The molecule has 18 heavy (non-hydrogen) atoms. The molecule has 1 atom stereocenters. The zero-order valence-electron chi connectivity index (χ0n) is 10.2. The van der Waals surface area contributed by atoms with Crippen LogP contribution in [-0.2, 0) is 0 Å². The van der Waals surface area contributed by atoms with Gasteiger partial charge in [0, 0.05) is 20.5 Å². The van der Waals surface area contributed by atoms with Crippen molar-refractivity contribution in [3.8, 4) is 0 Å². The van der Waals surface area contributed by atoms with E-state index in [1.807, 2.05) is 18.2 Å². The van der Waals surface area contributed by atoms with Gasteiger partial charge < -0.3 is 5.32 Å². The van der Waals surface area contributed by atoms with E-state index in [4.69, 9.17) is 11.6 Å². The van der Waals surface area contributed by atoms with Gasteiger partial charge in [-0.2, -0.15) is 0 Å². The standard InChI is InChI=1S/C13H16BrClINO/c1-2-9(5-6-15)8-17-13(18)11-7-10(16)3-4-12(11)14/h3-4,7,9H,2,5-6,8H2,1H3,(H,17,18). The molecule has 1 aromatic rings. The molecule has 0 heterocycles. The highest BCUT2D eigenvalue weighted by molar-refractivity contribution is 14.1. The molecule has 0 fully saturated rings. The molecule has 0 aliphatic carbocycles. The van der Waals surface area contributed by atoms with Crippen LogP contribution in [0.4, 0.5) is 0 Å². The summed E-state index contributed by atoms with van der Waals surface area (Å²) in [4.78, 5) is 12.1. The van der Waals surface area contributed by atoms with Crippen molar-refractivity contribution < 1.29 is 4.79 Å². The Morgan fingerprint density at radius 3 is 2.89 bits per heavy atom. The Morgan fingerprint density at radius 1 is 1.56 bits per heavy atom. The van der Waals surface area contributed by atoms with Gasteiger partial charge in [0.1, 0.15) is 0 Å². The third-order valence-electron chi connectivity index (χ3n) is 2.82. The van der Waals surface area contributed by atoms with Crippen LogP contribution in [0.2, 0.25) is 0 Å². The van der Waals surface area contributed by atoms with Crippen LogP contribution >= 0.6 is 50.1 Å². The van der Waals surface area contributed by atoms with Crippen LogP contribution in [0.15, 0.2) is 22.7 Å². The minimum absolute atomic E-state index is 0.0339. The van der Waals surface area contributed by atoms with Crippen molar-refractivity contribution in [2.75, 3.05) is 12.4 Å². The van der Waals surface area contributed by atoms with Crippen molar-refractivity contribution in [2.24, 2.45) is 5.92 Å². The van der Waals surface area contributed by atoms with Crippen LogP contribution < -0.4 is 5.32 Å². The summed E-state index contributed by atoms with van der Waals surface area (Å²) in [6, 6.07) is 5.74. The average Bonchev–Trinajstić information content (AvgIpc) is 2.37. The van der Waals surface area contributed by atoms with Gasteiger partial charge in [0.05, 0.1) is 5.56 Å². The van der Waals surface area contributed by atoms with Crippen LogP contribution in [0.5, 0.6) is 0 Å². The Bertz CT molecular complexity index is 414. The molecule has 0 saturated carbocycles. The molecule has 0 bridgehead atoms. The molecule has 1 rings (SSSR count). The van der Waals surface area contributed by atoms with Crippen LogP contribution in [0.25, 0.3) is 0 Å². The van der Waals surface area contributed by atoms with Gasteiger partial charge >= 0.3 is 0 Å². The summed E-state index contributed by atoms with van der Waals surface area (Å²) in [7, 11) is 0. The van der Waals surface area contributed by atoms with Gasteiger partial charge in [0.2, 0.25) is 0 Å². The van der Waals surface area contributed by atoms with E-state index in [9.17, 15) is 4.79 Å². The molecule has 0 aliphatic heterocycles. The van der Waals surface area contributed by atoms with Crippen molar-refractivity contribution in [1.29, 1.82) is 0 Å². The number of halogens is 3. The lowest BCUT2D eigenvalue weighted by molar-refractivity contribution is 0.0945. The van der Waals surface area contributed by atoms with E-state index in [1.54, 1.807) is 0 Å². The molecule has 0 aliphatic rings. The lowest BCUT2D eigenvalue weighted by Crippen LogP contribution is -2.29. The molecular formula is C13H16BrClINO. The molecule has 1 amide bonds. The maximum Gasteiger partial charge on any atom is 0.252 e. The average molecular weight is 445 g/mol. The molecule has 0 radical (unpaired) electrons. The van der Waals surface area contributed by atoms with Gasteiger partial charge in [-0.3, -0.25) is 4.79 Å². The highest BCUT2D eigenvalue weighted by Crippen LogP contribution is 2.19. The number of hydrogen-bond acceptors (Lipinski definition) is 1. The normalized spacial score (nSPS) is 12.2. The van der Waals surface area contributed by atoms with E-state index in [-0.39, 0.29) is 5.91 Å². The van der Waals surface area contributed by atoms with E-state index < -0.39 is 0 Å². The van der Waals surface area contributed by atoms with Crippen molar-refractivity contribution in [3.05, 3.63) is 31.8 Å². The van der Waals surface area contributed by atoms with Crippen LogP contribution in [0.3, 0.4) is 0 Å². The summed E-state index contributed by atoms with van der Waals surface area (Å²) in [5.74, 6) is 1.06. The van der Waals surface area contributed by atoms with E-state index in [0.29, 0.717) is 23.9 Å². The molecule has 0 spiro atoms. The van der Waals surface area contributed by atoms with E-state index in [0.717, 1.165) is 20.9 Å². The number of nitrogens with one attached hydrogen (secondary N) is 1. The minimum atomic E-state index is -0.0339. The first-order valence-electron chi connectivity index (χ1n) is 5.87. The maximum absolute atomic E-state index is 12.1. The highest BCUT2D eigenvalue weighted by atomic mass is 127. The van der Waals surface area contributed by atoms with Gasteiger partial charge in [0.25, 0.3) is 5.91 Å². The Kier molecular flexibility index (Phi) is 7.56.